The normalized spacial score (nSPS) is 42.6. The molecular formula is C10H14O. The number of carbonyl (C=O) groups excluding carboxylic acids is 1. The molecule has 1 fully saturated rings. The molecule has 0 spiro atoms. The van der Waals surface area contributed by atoms with E-state index in [-0.39, 0.29) is 5.41 Å². The lowest BCUT2D eigenvalue weighted by atomic mass is 9.69. The molecule has 1 heteroatoms. The molecular weight excluding hydrogens is 136 g/mol. The van der Waals surface area contributed by atoms with Gasteiger partial charge in [0, 0.05) is 5.41 Å². The van der Waals surface area contributed by atoms with Crippen LogP contribution in [0.1, 0.15) is 32.6 Å². The number of ketones is 1. The van der Waals surface area contributed by atoms with E-state index in [1.54, 1.807) is 6.08 Å². The fourth-order valence-electron chi connectivity index (χ4n) is 2.37. The highest BCUT2D eigenvalue weighted by Gasteiger charge is 2.43. The second kappa shape index (κ2) is 2.20. The van der Waals surface area contributed by atoms with Gasteiger partial charge in [-0.2, -0.15) is 0 Å². The number of fused-ring (bicyclic) bond motifs is 1. The minimum absolute atomic E-state index is 0.00174. The molecule has 2 atom stereocenters. The Bertz CT molecular complexity index is 217. The van der Waals surface area contributed by atoms with E-state index in [1.165, 1.54) is 19.3 Å². The Kier molecular flexibility index (Phi) is 1.41. The van der Waals surface area contributed by atoms with Gasteiger partial charge < -0.3 is 0 Å². The topological polar surface area (TPSA) is 17.1 Å². The van der Waals surface area contributed by atoms with Gasteiger partial charge in [0.25, 0.3) is 0 Å². The molecule has 1 nitrogen and oxygen atoms in total. The lowest BCUT2D eigenvalue weighted by Crippen LogP contribution is -2.32. The highest BCUT2D eigenvalue weighted by molar-refractivity contribution is 5.97. The molecule has 0 aromatic rings. The average Bonchev–Trinajstić information content (AvgIpc) is 2.29. The second-order valence-electron chi connectivity index (χ2n) is 3.99. The lowest BCUT2D eigenvalue weighted by Gasteiger charge is -2.34. The van der Waals surface area contributed by atoms with Gasteiger partial charge in [-0.25, -0.2) is 0 Å². The summed E-state index contributed by atoms with van der Waals surface area (Å²) in [5, 5.41) is 0. The van der Waals surface area contributed by atoms with Gasteiger partial charge in [0.1, 0.15) is 0 Å². The van der Waals surface area contributed by atoms with E-state index in [1.807, 2.05) is 0 Å². The van der Waals surface area contributed by atoms with Gasteiger partial charge in [-0.1, -0.05) is 25.8 Å². The Hall–Kier alpha value is -0.590. The van der Waals surface area contributed by atoms with Gasteiger partial charge >= 0.3 is 0 Å². The molecule has 0 radical (unpaired) electrons. The van der Waals surface area contributed by atoms with Crippen molar-refractivity contribution in [3.05, 3.63) is 12.2 Å². The van der Waals surface area contributed by atoms with Crippen LogP contribution >= 0.6 is 0 Å². The van der Waals surface area contributed by atoms with Crippen molar-refractivity contribution in [1.29, 1.82) is 0 Å². The number of allylic oxidation sites excluding steroid dienone is 2. The van der Waals surface area contributed by atoms with Crippen LogP contribution in [-0.2, 0) is 4.79 Å². The number of carbonyl (C=O) groups is 1. The fourth-order valence-corrected chi connectivity index (χ4v) is 2.37. The molecule has 2 rings (SSSR count). The number of hydrogen-bond acceptors (Lipinski definition) is 1. The Morgan fingerprint density at radius 2 is 2.36 bits per heavy atom. The molecule has 0 N–H and O–H groups in total. The van der Waals surface area contributed by atoms with Crippen molar-refractivity contribution in [2.45, 2.75) is 32.6 Å². The van der Waals surface area contributed by atoms with E-state index in [4.69, 9.17) is 0 Å². The van der Waals surface area contributed by atoms with Gasteiger partial charge in [0.2, 0.25) is 0 Å². The molecule has 1 saturated carbocycles. The summed E-state index contributed by atoms with van der Waals surface area (Å²) >= 11 is 0. The maximum Gasteiger partial charge on any atom is 0.161 e. The molecule has 0 heterocycles. The predicted molar refractivity (Wildman–Crippen MR) is 44.2 cm³/mol. The first-order valence-electron chi connectivity index (χ1n) is 4.46. The highest BCUT2D eigenvalue weighted by Crippen LogP contribution is 2.45. The molecule has 60 valence electrons. The lowest BCUT2D eigenvalue weighted by molar-refractivity contribution is -0.125. The van der Waals surface area contributed by atoms with Crippen LogP contribution in [-0.4, -0.2) is 5.78 Å². The molecule has 0 aromatic carbocycles. The number of rotatable bonds is 0. The third-order valence-electron chi connectivity index (χ3n) is 3.32. The van der Waals surface area contributed by atoms with E-state index in [9.17, 15) is 4.79 Å². The van der Waals surface area contributed by atoms with Gasteiger partial charge in [0.15, 0.2) is 5.78 Å². The largest absolute Gasteiger partial charge is 0.294 e. The summed E-state index contributed by atoms with van der Waals surface area (Å²) < 4.78 is 0. The maximum atomic E-state index is 11.4. The van der Waals surface area contributed by atoms with Crippen LogP contribution < -0.4 is 0 Å². The van der Waals surface area contributed by atoms with E-state index in [2.05, 4.69) is 13.0 Å². The second-order valence-corrected chi connectivity index (χ2v) is 3.99. The van der Waals surface area contributed by atoms with Gasteiger partial charge in [0.05, 0.1) is 0 Å². The standard InChI is InChI=1S/C10H14O/c1-10-7-3-2-4-8(10)5-6-9(10)11/h5-6,8H,2-4,7H2,1H3. The monoisotopic (exact) mass is 150 g/mol. The molecule has 0 bridgehead atoms. The van der Waals surface area contributed by atoms with Crippen molar-refractivity contribution in [3.8, 4) is 0 Å². The molecule has 2 aliphatic rings. The molecule has 2 aliphatic carbocycles. The Morgan fingerprint density at radius 1 is 1.55 bits per heavy atom. The SMILES string of the molecule is CC12CCCCC1C=CC2=O. The number of hydrogen-bond donors (Lipinski definition) is 0. The van der Waals surface area contributed by atoms with Crippen molar-refractivity contribution in [2.24, 2.45) is 11.3 Å². The summed E-state index contributed by atoms with van der Waals surface area (Å²) in [5.41, 5.74) is -0.00174. The highest BCUT2D eigenvalue weighted by atomic mass is 16.1. The molecule has 11 heavy (non-hydrogen) atoms. The summed E-state index contributed by atoms with van der Waals surface area (Å²) in [5.74, 6) is 0.922. The minimum Gasteiger partial charge on any atom is -0.294 e. The summed E-state index contributed by atoms with van der Waals surface area (Å²) in [6, 6.07) is 0. The van der Waals surface area contributed by atoms with Crippen molar-refractivity contribution in [1.82, 2.24) is 0 Å². The van der Waals surface area contributed by atoms with Crippen molar-refractivity contribution in [3.63, 3.8) is 0 Å². The molecule has 0 amide bonds. The van der Waals surface area contributed by atoms with E-state index in [0.717, 1.165) is 6.42 Å². The van der Waals surface area contributed by atoms with Crippen LogP contribution in [0.15, 0.2) is 12.2 Å². The molecule has 0 aromatic heterocycles. The van der Waals surface area contributed by atoms with Crippen molar-refractivity contribution < 1.29 is 4.79 Å². The van der Waals surface area contributed by atoms with Crippen LogP contribution in [0.3, 0.4) is 0 Å². The third-order valence-corrected chi connectivity index (χ3v) is 3.32. The van der Waals surface area contributed by atoms with E-state index in [0.29, 0.717) is 11.7 Å². The quantitative estimate of drug-likeness (QED) is 0.518. The smallest absolute Gasteiger partial charge is 0.161 e. The first kappa shape index (κ1) is 7.08. The summed E-state index contributed by atoms with van der Waals surface area (Å²) in [6.45, 7) is 2.12. The summed E-state index contributed by atoms with van der Waals surface area (Å²) in [4.78, 5) is 11.4. The molecule has 0 aliphatic heterocycles. The van der Waals surface area contributed by atoms with Gasteiger partial charge in [-0.05, 0) is 24.8 Å². The summed E-state index contributed by atoms with van der Waals surface area (Å²) in [6.07, 6.45) is 8.76. The Labute approximate surface area is 67.5 Å². The zero-order chi connectivity index (χ0) is 7.90. The first-order valence-corrected chi connectivity index (χ1v) is 4.46. The molecule has 0 saturated heterocycles. The third kappa shape index (κ3) is 0.867. The maximum absolute atomic E-state index is 11.4. The van der Waals surface area contributed by atoms with E-state index >= 15 is 0 Å². The first-order chi connectivity index (χ1) is 5.23. The zero-order valence-electron chi connectivity index (χ0n) is 6.97. The van der Waals surface area contributed by atoms with Gasteiger partial charge in [-0.3, -0.25) is 4.79 Å². The minimum atomic E-state index is -0.00174. The Morgan fingerprint density at radius 3 is 3.09 bits per heavy atom. The Balaban J connectivity index is 2.28. The predicted octanol–water partition coefficient (Wildman–Crippen LogP) is 2.32. The van der Waals surface area contributed by atoms with E-state index < -0.39 is 0 Å². The van der Waals surface area contributed by atoms with Crippen LogP contribution in [0, 0.1) is 11.3 Å². The molecule has 2 unspecified atom stereocenters. The van der Waals surface area contributed by atoms with Gasteiger partial charge in [-0.15, -0.1) is 0 Å². The average molecular weight is 150 g/mol. The van der Waals surface area contributed by atoms with Crippen LogP contribution in [0.25, 0.3) is 0 Å². The van der Waals surface area contributed by atoms with Crippen LogP contribution in [0.2, 0.25) is 0 Å². The van der Waals surface area contributed by atoms with Crippen molar-refractivity contribution in [2.75, 3.05) is 0 Å². The summed E-state index contributed by atoms with van der Waals surface area (Å²) in [7, 11) is 0. The zero-order valence-corrected chi connectivity index (χ0v) is 6.97. The van der Waals surface area contributed by atoms with Crippen LogP contribution in [0.4, 0.5) is 0 Å². The van der Waals surface area contributed by atoms with Crippen LogP contribution in [0.5, 0.6) is 0 Å². The van der Waals surface area contributed by atoms with Crippen molar-refractivity contribution >= 4 is 5.78 Å². The fraction of sp³-hybridized carbons (Fsp3) is 0.700.